The third-order valence-electron chi connectivity index (χ3n) is 4.03. The molecule has 1 aliphatic carbocycles. The van der Waals surface area contributed by atoms with Gasteiger partial charge in [-0.2, -0.15) is 0 Å². The van der Waals surface area contributed by atoms with E-state index in [2.05, 4.69) is 5.32 Å². The Labute approximate surface area is 113 Å². The Morgan fingerprint density at radius 1 is 1.16 bits per heavy atom. The van der Waals surface area contributed by atoms with Gasteiger partial charge in [0, 0.05) is 23.7 Å². The molecule has 1 aliphatic rings. The van der Waals surface area contributed by atoms with Crippen LogP contribution in [0.4, 0.5) is 8.78 Å². The molecule has 1 fully saturated rings. The molecule has 2 nitrogen and oxygen atoms in total. The first-order valence-corrected chi connectivity index (χ1v) is 6.87. The second-order valence-electron chi connectivity index (χ2n) is 5.17. The Kier molecular flexibility index (Phi) is 4.75. The van der Waals surface area contributed by atoms with Crippen molar-refractivity contribution in [2.45, 2.75) is 38.1 Å². The molecule has 0 aliphatic heterocycles. The lowest BCUT2D eigenvalue weighted by molar-refractivity contribution is 0.270. The summed E-state index contributed by atoms with van der Waals surface area (Å²) in [6.07, 6.45) is 5.55. The smallest absolute Gasteiger partial charge is 0.134 e. The molecule has 1 aromatic rings. The van der Waals surface area contributed by atoms with Gasteiger partial charge in [-0.1, -0.05) is 19.3 Å². The highest BCUT2D eigenvalue weighted by Gasteiger charge is 2.28. The maximum Gasteiger partial charge on any atom is 0.134 e. The lowest BCUT2D eigenvalue weighted by atomic mass is 9.81. The SMILES string of the molecule is CNC(c1c(F)cc(OC)cc1F)C1CCCCC1. The lowest BCUT2D eigenvalue weighted by Crippen LogP contribution is -2.28. The molecule has 0 amide bonds. The molecular formula is C15H21F2NO. The quantitative estimate of drug-likeness (QED) is 0.897. The monoisotopic (exact) mass is 269 g/mol. The molecule has 0 bridgehead atoms. The average molecular weight is 269 g/mol. The Bertz CT molecular complexity index is 407. The molecule has 0 aromatic heterocycles. The third-order valence-corrected chi connectivity index (χ3v) is 4.03. The molecule has 1 unspecified atom stereocenters. The minimum atomic E-state index is -0.526. The molecule has 0 saturated heterocycles. The van der Waals surface area contributed by atoms with E-state index < -0.39 is 11.6 Å². The lowest BCUT2D eigenvalue weighted by Gasteiger charge is -2.30. The minimum absolute atomic E-state index is 0.148. The summed E-state index contributed by atoms with van der Waals surface area (Å²) in [6, 6.07) is 2.25. The normalized spacial score (nSPS) is 18.3. The largest absolute Gasteiger partial charge is 0.497 e. The van der Waals surface area contributed by atoms with Crippen molar-refractivity contribution in [2.75, 3.05) is 14.2 Å². The maximum atomic E-state index is 14.1. The van der Waals surface area contributed by atoms with Crippen molar-refractivity contribution in [1.82, 2.24) is 5.32 Å². The van der Waals surface area contributed by atoms with Gasteiger partial charge < -0.3 is 10.1 Å². The van der Waals surface area contributed by atoms with Crippen LogP contribution in [0.15, 0.2) is 12.1 Å². The van der Waals surface area contributed by atoms with E-state index >= 15 is 0 Å². The Balaban J connectivity index is 2.31. The predicted octanol–water partition coefficient (Wildman–Crippen LogP) is 3.81. The third kappa shape index (κ3) is 3.06. The molecule has 2 rings (SSSR count). The van der Waals surface area contributed by atoms with E-state index in [4.69, 9.17) is 4.74 Å². The standard InChI is InChI=1S/C15H21F2NO/c1-18-15(10-6-4-3-5-7-10)14-12(16)8-11(19-2)9-13(14)17/h8-10,15,18H,3-7H2,1-2H3. The van der Waals surface area contributed by atoms with Crippen molar-refractivity contribution >= 4 is 0 Å². The number of rotatable bonds is 4. The molecule has 1 saturated carbocycles. The number of ether oxygens (including phenoxy) is 1. The molecule has 106 valence electrons. The van der Waals surface area contributed by atoms with E-state index in [1.54, 1.807) is 7.05 Å². The van der Waals surface area contributed by atoms with Crippen LogP contribution in [0.1, 0.15) is 43.7 Å². The zero-order valence-electron chi connectivity index (χ0n) is 11.5. The maximum absolute atomic E-state index is 14.1. The first-order chi connectivity index (χ1) is 9.17. The summed E-state index contributed by atoms with van der Waals surface area (Å²) in [4.78, 5) is 0. The first-order valence-electron chi connectivity index (χ1n) is 6.87. The van der Waals surface area contributed by atoms with Crippen molar-refractivity contribution in [3.05, 3.63) is 29.3 Å². The van der Waals surface area contributed by atoms with Gasteiger partial charge in [0.15, 0.2) is 0 Å². The Morgan fingerprint density at radius 3 is 2.21 bits per heavy atom. The zero-order valence-corrected chi connectivity index (χ0v) is 11.5. The number of hydrogen-bond donors (Lipinski definition) is 1. The van der Waals surface area contributed by atoms with Crippen LogP contribution in [0, 0.1) is 17.6 Å². The molecule has 1 N–H and O–H groups in total. The summed E-state index contributed by atoms with van der Waals surface area (Å²) in [5, 5.41) is 3.09. The predicted molar refractivity (Wildman–Crippen MR) is 71.3 cm³/mol. The molecule has 0 spiro atoms. The molecular weight excluding hydrogens is 248 g/mol. The van der Waals surface area contributed by atoms with E-state index in [1.807, 2.05) is 0 Å². The van der Waals surface area contributed by atoms with Gasteiger partial charge >= 0.3 is 0 Å². The highest BCUT2D eigenvalue weighted by Crippen LogP contribution is 2.37. The summed E-state index contributed by atoms with van der Waals surface area (Å²) in [5.74, 6) is -0.531. The van der Waals surface area contributed by atoms with Gasteiger partial charge in [0.25, 0.3) is 0 Å². The number of nitrogens with one attached hydrogen (secondary N) is 1. The van der Waals surface area contributed by atoms with Crippen LogP contribution in [0.3, 0.4) is 0 Å². The van der Waals surface area contributed by atoms with Crippen LogP contribution in [-0.2, 0) is 0 Å². The summed E-state index contributed by atoms with van der Waals surface area (Å²) in [7, 11) is 3.17. The van der Waals surface area contributed by atoms with Gasteiger partial charge in [-0.3, -0.25) is 0 Å². The molecule has 19 heavy (non-hydrogen) atoms. The summed E-state index contributed by atoms with van der Waals surface area (Å²) in [6.45, 7) is 0. The molecule has 0 heterocycles. The van der Waals surface area contributed by atoms with Crippen LogP contribution in [0.2, 0.25) is 0 Å². The molecule has 4 heteroatoms. The van der Waals surface area contributed by atoms with Gasteiger partial charge in [-0.25, -0.2) is 8.78 Å². The van der Waals surface area contributed by atoms with E-state index in [0.29, 0.717) is 5.92 Å². The zero-order chi connectivity index (χ0) is 13.8. The average Bonchev–Trinajstić information content (AvgIpc) is 2.43. The van der Waals surface area contributed by atoms with Gasteiger partial charge in [-0.05, 0) is 25.8 Å². The van der Waals surface area contributed by atoms with Gasteiger partial charge in [0.2, 0.25) is 0 Å². The van der Waals surface area contributed by atoms with E-state index in [-0.39, 0.29) is 17.4 Å². The van der Waals surface area contributed by atoms with Gasteiger partial charge in [0.1, 0.15) is 17.4 Å². The van der Waals surface area contributed by atoms with E-state index in [0.717, 1.165) is 25.7 Å². The Morgan fingerprint density at radius 2 is 1.74 bits per heavy atom. The van der Waals surface area contributed by atoms with Crippen LogP contribution < -0.4 is 10.1 Å². The van der Waals surface area contributed by atoms with Gasteiger partial charge in [-0.15, -0.1) is 0 Å². The number of halogens is 2. The summed E-state index contributed by atoms with van der Waals surface area (Å²) in [5.41, 5.74) is 0.148. The van der Waals surface area contributed by atoms with Crippen molar-refractivity contribution in [3.8, 4) is 5.75 Å². The number of benzene rings is 1. The number of hydrogen-bond acceptors (Lipinski definition) is 2. The second kappa shape index (κ2) is 6.33. The van der Waals surface area contributed by atoms with E-state index in [9.17, 15) is 8.78 Å². The van der Waals surface area contributed by atoms with Crippen molar-refractivity contribution in [1.29, 1.82) is 0 Å². The van der Waals surface area contributed by atoms with Crippen molar-refractivity contribution in [2.24, 2.45) is 5.92 Å². The minimum Gasteiger partial charge on any atom is -0.497 e. The van der Waals surface area contributed by atoms with Crippen LogP contribution in [0.25, 0.3) is 0 Å². The topological polar surface area (TPSA) is 21.3 Å². The fraction of sp³-hybridized carbons (Fsp3) is 0.600. The highest BCUT2D eigenvalue weighted by molar-refractivity contribution is 5.33. The molecule has 1 atom stereocenters. The van der Waals surface area contributed by atoms with Crippen molar-refractivity contribution < 1.29 is 13.5 Å². The van der Waals surface area contributed by atoms with Gasteiger partial charge in [0.05, 0.1) is 7.11 Å². The first kappa shape index (κ1) is 14.3. The van der Waals surface area contributed by atoms with Crippen LogP contribution in [0.5, 0.6) is 5.75 Å². The molecule has 0 radical (unpaired) electrons. The fourth-order valence-electron chi connectivity index (χ4n) is 3.06. The Hall–Kier alpha value is -1.16. The number of methoxy groups -OCH3 is 1. The summed E-state index contributed by atoms with van der Waals surface area (Å²) >= 11 is 0. The highest BCUT2D eigenvalue weighted by atomic mass is 19.1. The van der Waals surface area contributed by atoms with E-state index in [1.165, 1.54) is 25.7 Å². The van der Waals surface area contributed by atoms with Crippen LogP contribution >= 0.6 is 0 Å². The molecule has 1 aromatic carbocycles. The fourth-order valence-corrected chi connectivity index (χ4v) is 3.06. The van der Waals surface area contributed by atoms with Crippen LogP contribution in [-0.4, -0.2) is 14.2 Å². The van der Waals surface area contributed by atoms with Crippen molar-refractivity contribution in [3.63, 3.8) is 0 Å². The second-order valence-corrected chi connectivity index (χ2v) is 5.17. The summed E-state index contributed by atoms with van der Waals surface area (Å²) < 4.78 is 33.1.